The highest BCUT2D eigenvalue weighted by Gasteiger charge is 2.22. The molecule has 2 N–H and O–H groups in total. The molecule has 0 aliphatic carbocycles. The molecule has 4 nitrogen and oxygen atoms in total. The Hall–Kier alpha value is -1.04. The number of rotatable bonds is 4. The van der Waals surface area contributed by atoms with Crippen molar-refractivity contribution in [1.29, 1.82) is 0 Å². The van der Waals surface area contributed by atoms with Gasteiger partial charge in [0.05, 0.1) is 6.04 Å². The summed E-state index contributed by atoms with van der Waals surface area (Å²) in [6.45, 7) is 5.75. The molecule has 2 saturated heterocycles. The van der Waals surface area contributed by atoms with E-state index in [1.165, 1.54) is 31.5 Å². The first-order valence-corrected chi connectivity index (χ1v) is 9.29. The highest BCUT2D eigenvalue weighted by Crippen LogP contribution is 2.19. The summed E-state index contributed by atoms with van der Waals surface area (Å²) < 4.78 is 0. The van der Waals surface area contributed by atoms with Crippen LogP contribution in [0, 0.1) is 5.92 Å². The smallest absolute Gasteiger partial charge is 0.242 e. The van der Waals surface area contributed by atoms with Crippen LogP contribution < -0.4 is 10.6 Å². The number of amides is 1. The van der Waals surface area contributed by atoms with E-state index < -0.39 is 0 Å². The first kappa shape index (κ1) is 15.8. The van der Waals surface area contributed by atoms with Gasteiger partial charge in [-0.1, -0.05) is 19.1 Å². The van der Waals surface area contributed by atoms with Crippen LogP contribution in [0.1, 0.15) is 25.3 Å². The van der Waals surface area contributed by atoms with Crippen LogP contribution in [-0.2, 0) is 11.3 Å². The molecule has 120 valence electrons. The van der Waals surface area contributed by atoms with Gasteiger partial charge in [0, 0.05) is 23.9 Å². The highest BCUT2D eigenvalue weighted by molar-refractivity contribution is 7.99. The number of likely N-dealkylation sites (tertiary alicyclic amines) is 1. The maximum absolute atomic E-state index is 12.1. The monoisotopic (exact) mass is 319 g/mol. The molecule has 1 aromatic rings. The van der Waals surface area contributed by atoms with E-state index in [0.29, 0.717) is 0 Å². The first-order chi connectivity index (χ1) is 10.7. The lowest BCUT2D eigenvalue weighted by Crippen LogP contribution is -2.37. The van der Waals surface area contributed by atoms with E-state index in [4.69, 9.17) is 0 Å². The largest absolute Gasteiger partial charge is 0.325 e. The van der Waals surface area contributed by atoms with Crippen molar-refractivity contribution in [2.45, 2.75) is 32.4 Å². The van der Waals surface area contributed by atoms with Gasteiger partial charge >= 0.3 is 0 Å². The summed E-state index contributed by atoms with van der Waals surface area (Å²) in [5.74, 6) is 2.67. The van der Waals surface area contributed by atoms with Crippen LogP contribution in [0.25, 0.3) is 0 Å². The normalized spacial score (nSPS) is 23.6. The number of hydrogen-bond acceptors (Lipinski definition) is 4. The van der Waals surface area contributed by atoms with Gasteiger partial charge in [0.1, 0.15) is 0 Å². The van der Waals surface area contributed by atoms with Crippen LogP contribution in [0.4, 0.5) is 5.69 Å². The molecule has 1 aromatic carbocycles. The predicted octanol–water partition coefficient (Wildman–Crippen LogP) is 2.52. The van der Waals surface area contributed by atoms with Crippen molar-refractivity contribution in [3.05, 3.63) is 29.8 Å². The molecule has 0 bridgehead atoms. The van der Waals surface area contributed by atoms with E-state index in [2.05, 4.69) is 34.6 Å². The maximum atomic E-state index is 12.1. The number of carbonyl (C=O) groups excluding carboxylic acids is 1. The van der Waals surface area contributed by atoms with Crippen molar-refractivity contribution >= 4 is 23.4 Å². The van der Waals surface area contributed by atoms with Crippen LogP contribution in [0.3, 0.4) is 0 Å². The van der Waals surface area contributed by atoms with Crippen molar-refractivity contribution in [2.75, 3.05) is 30.0 Å². The molecule has 3 rings (SSSR count). The minimum atomic E-state index is -0.0555. The average Bonchev–Trinajstić information content (AvgIpc) is 3.06. The van der Waals surface area contributed by atoms with Crippen molar-refractivity contribution in [3.63, 3.8) is 0 Å². The Morgan fingerprint density at radius 3 is 2.68 bits per heavy atom. The molecule has 2 heterocycles. The van der Waals surface area contributed by atoms with Gasteiger partial charge in [0.15, 0.2) is 0 Å². The maximum Gasteiger partial charge on any atom is 0.242 e. The third-order valence-corrected chi connectivity index (χ3v) is 5.48. The molecule has 1 amide bonds. The molecule has 0 saturated carbocycles. The van der Waals surface area contributed by atoms with E-state index in [1.807, 2.05) is 12.1 Å². The van der Waals surface area contributed by atoms with Crippen LogP contribution in [0.2, 0.25) is 0 Å². The molecule has 1 unspecified atom stereocenters. The lowest BCUT2D eigenvalue weighted by atomic mass is 9.99. The van der Waals surface area contributed by atoms with Crippen LogP contribution in [-0.4, -0.2) is 41.6 Å². The summed E-state index contributed by atoms with van der Waals surface area (Å²) >= 11 is 1.77. The van der Waals surface area contributed by atoms with Crippen molar-refractivity contribution in [3.8, 4) is 0 Å². The molecule has 2 aliphatic rings. The van der Waals surface area contributed by atoms with E-state index in [1.54, 1.807) is 11.8 Å². The van der Waals surface area contributed by atoms with E-state index in [9.17, 15) is 4.79 Å². The molecular weight excluding hydrogens is 294 g/mol. The molecule has 0 radical (unpaired) electrons. The van der Waals surface area contributed by atoms with Gasteiger partial charge in [-0.2, -0.15) is 0 Å². The molecular formula is C17H25N3OS. The Bertz CT molecular complexity index is 491. The number of thioether (sulfide) groups is 1. The summed E-state index contributed by atoms with van der Waals surface area (Å²) in [4.78, 5) is 14.6. The number of piperidine rings is 1. The third-order valence-electron chi connectivity index (χ3n) is 4.54. The fourth-order valence-electron chi connectivity index (χ4n) is 2.96. The number of nitrogens with zero attached hydrogens (tertiary/aromatic N) is 1. The second-order valence-corrected chi connectivity index (χ2v) is 7.45. The van der Waals surface area contributed by atoms with Crippen LogP contribution >= 0.6 is 11.8 Å². The van der Waals surface area contributed by atoms with Crippen LogP contribution in [0.5, 0.6) is 0 Å². The second kappa shape index (κ2) is 7.49. The molecule has 0 spiro atoms. The molecule has 5 heteroatoms. The van der Waals surface area contributed by atoms with Crippen molar-refractivity contribution < 1.29 is 4.79 Å². The second-order valence-electron chi connectivity index (χ2n) is 6.42. The number of carbonyl (C=O) groups is 1. The summed E-state index contributed by atoms with van der Waals surface area (Å²) in [6, 6.07) is 8.23. The summed E-state index contributed by atoms with van der Waals surface area (Å²) in [6.07, 6.45) is 2.61. The number of hydrogen-bond donors (Lipinski definition) is 2. The van der Waals surface area contributed by atoms with Gasteiger partial charge in [-0.3, -0.25) is 15.0 Å². The predicted molar refractivity (Wildman–Crippen MR) is 93.0 cm³/mol. The number of nitrogens with one attached hydrogen (secondary N) is 2. The van der Waals surface area contributed by atoms with Gasteiger partial charge in [0.25, 0.3) is 0 Å². The van der Waals surface area contributed by atoms with Gasteiger partial charge in [-0.25, -0.2) is 0 Å². The Balaban J connectivity index is 1.50. The molecule has 1 atom stereocenters. The van der Waals surface area contributed by atoms with E-state index in [0.717, 1.165) is 29.8 Å². The minimum absolute atomic E-state index is 0.0555. The summed E-state index contributed by atoms with van der Waals surface area (Å²) in [5.41, 5.74) is 2.21. The third kappa shape index (κ3) is 4.24. The summed E-state index contributed by atoms with van der Waals surface area (Å²) in [7, 11) is 0. The van der Waals surface area contributed by atoms with E-state index in [-0.39, 0.29) is 11.9 Å². The SMILES string of the molecule is CC1CCN(Cc2ccc(NC(=O)C3CSCN3)cc2)CC1. The van der Waals surface area contributed by atoms with Gasteiger partial charge in [-0.15, -0.1) is 11.8 Å². The zero-order chi connectivity index (χ0) is 15.4. The fraction of sp³-hybridized carbons (Fsp3) is 0.588. The lowest BCUT2D eigenvalue weighted by Gasteiger charge is -2.30. The van der Waals surface area contributed by atoms with Crippen molar-refractivity contribution in [2.24, 2.45) is 5.92 Å². The Kier molecular flexibility index (Phi) is 5.39. The number of benzene rings is 1. The molecule has 2 fully saturated rings. The van der Waals surface area contributed by atoms with Gasteiger partial charge < -0.3 is 5.32 Å². The Morgan fingerprint density at radius 2 is 2.05 bits per heavy atom. The number of anilines is 1. The van der Waals surface area contributed by atoms with Crippen molar-refractivity contribution in [1.82, 2.24) is 10.2 Å². The van der Waals surface area contributed by atoms with Crippen LogP contribution in [0.15, 0.2) is 24.3 Å². The quantitative estimate of drug-likeness (QED) is 0.895. The molecule has 2 aliphatic heterocycles. The van der Waals surface area contributed by atoms with Gasteiger partial charge in [-0.05, 0) is 49.5 Å². The Morgan fingerprint density at radius 1 is 1.32 bits per heavy atom. The average molecular weight is 319 g/mol. The molecule has 0 aromatic heterocycles. The first-order valence-electron chi connectivity index (χ1n) is 8.14. The van der Waals surface area contributed by atoms with E-state index >= 15 is 0 Å². The van der Waals surface area contributed by atoms with Gasteiger partial charge in [0.2, 0.25) is 5.91 Å². The lowest BCUT2D eigenvalue weighted by molar-refractivity contribution is -0.117. The topological polar surface area (TPSA) is 44.4 Å². The Labute approximate surface area is 137 Å². The zero-order valence-corrected chi connectivity index (χ0v) is 14.0. The minimum Gasteiger partial charge on any atom is -0.325 e. The highest BCUT2D eigenvalue weighted by atomic mass is 32.2. The standard InChI is InChI=1S/C17H25N3OS/c1-13-6-8-20(9-7-13)10-14-2-4-15(5-3-14)19-17(21)16-11-22-12-18-16/h2-5,13,16,18H,6-12H2,1H3,(H,19,21). The summed E-state index contributed by atoms with van der Waals surface area (Å²) in [5, 5.41) is 6.18. The fourth-order valence-corrected chi connectivity index (χ4v) is 3.91. The zero-order valence-electron chi connectivity index (χ0n) is 13.2. The molecule has 22 heavy (non-hydrogen) atoms.